The van der Waals surface area contributed by atoms with Crippen LogP contribution in [0.3, 0.4) is 0 Å². The van der Waals surface area contributed by atoms with Crippen LogP contribution in [0.25, 0.3) is 0 Å². The molecule has 1 aromatic rings. The van der Waals surface area contributed by atoms with E-state index in [9.17, 15) is 0 Å². The van der Waals surface area contributed by atoms with Gasteiger partial charge in [0.1, 0.15) is 0 Å². The van der Waals surface area contributed by atoms with E-state index in [0.717, 1.165) is 22.0 Å². The number of thioether (sulfide) groups is 1. The van der Waals surface area contributed by atoms with Crippen molar-refractivity contribution in [1.82, 2.24) is 5.32 Å². The van der Waals surface area contributed by atoms with E-state index in [4.69, 9.17) is 11.6 Å². The van der Waals surface area contributed by atoms with E-state index in [1.807, 2.05) is 6.07 Å². The molecule has 0 saturated carbocycles. The maximum Gasteiger partial charge on any atom is 0.0464 e. The molecule has 100 valence electrons. The number of benzene rings is 1. The van der Waals surface area contributed by atoms with Crippen LogP contribution in [0.2, 0.25) is 5.02 Å². The summed E-state index contributed by atoms with van der Waals surface area (Å²) in [5.41, 5.74) is 1.19. The van der Waals surface area contributed by atoms with Crippen LogP contribution in [0.4, 0.5) is 0 Å². The van der Waals surface area contributed by atoms with Crippen molar-refractivity contribution in [2.45, 2.75) is 25.8 Å². The summed E-state index contributed by atoms with van der Waals surface area (Å²) < 4.78 is 1.03. The van der Waals surface area contributed by atoms with Crippen molar-refractivity contribution in [3.63, 3.8) is 0 Å². The predicted molar refractivity (Wildman–Crippen MR) is 85.6 cm³/mol. The third-order valence-corrected chi connectivity index (χ3v) is 5.35. The first-order chi connectivity index (χ1) is 8.66. The summed E-state index contributed by atoms with van der Waals surface area (Å²) in [6.45, 7) is 3.29. The molecule has 1 aromatic carbocycles. The molecular formula is C14H19BrClNS. The summed E-state index contributed by atoms with van der Waals surface area (Å²) in [5.74, 6) is 3.47. The van der Waals surface area contributed by atoms with Gasteiger partial charge in [0.25, 0.3) is 0 Å². The second kappa shape index (κ2) is 7.18. The molecule has 1 atom stereocenters. The molecule has 0 amide bonds. The molecule has 1 aliphatic rings. The highest BCUT2D eigenvalue weighted by atomic mass is 79.9. The molecule has 0 aliphatic carbocycles. The molecule has 1 heterocycles. The summed E-state index contributed by atoms with van der Waals surface area (Å²) in [4.78, 5) is 0. The van der Waals surface area contributed by atoms with Crippen molar-refractivity contribution >= 4 is 39.3 Å². The van der Waals surface area contributed by atoms with Gasteiger partial charge in [-0.3, -0.25) is 0 Å². The Kier molecular flexibility index (Phi) is 5.87. The third-order valence-electron chi connectivity index (χ3n) is 3.48. The van der Waals surface area contributed by atoms with Crippen LogP contribution < -0.4 is 5.32 Å². The van der Waals surface area contributed by atoms with E-state index in [1.165, 1.54) is 29.9 Å². The molecule has 0 spiro atoms. The number of halogens is 2. The summed E-state index contributed by atoms with van der Waals surface area (Å²) in [7, 11) is 0. The van der Waals surface area contributed by atoms with Crippen LogP contribution in [-0.2, 0) is 0 Å². The molecule has 1 N–H and O–H groups in total. The Labute approximate surface area is 127 Å². The zero-order valence-corrected chi connectivity index (χ0v) is 13.7. The first-order valence-electron chi connectivity index (χ1n) is 6.43. The highest BCUT2D eigenvalue weighted by Gasteiger charge is 2.16. The summed E-state index contributed by atoms with van der Waals surface area (Å²) in [6.07, 6.45) is 2.69. The summed E-state index contributed by atoms with van der Waals surface area (Å²) in [5, 5.41) is 4.46. The highest BCUT2D eigenvalue weighted by molar-refractivity contribution is 9.10. The lowest BCUT2D eigenvalue weighted by Crippen LogP contribution is -2.28. The van der Waals surface area contributed by atoms with Crippen molar-refractivity contribution in [2.24, 2.45) is 5.92 Å². The summed E-state index contributed by atoms with van der Waals surface area (Å²) >= 11 is 11.8. The molecular weight excluding hydrogens is 330 g/mol. The van der Waals surface area contributed by atoms with Crippen LogP contribution in [0.5, 0.6) is 0 Å². The zero-order valence-electron chi connectivity index (χ0n) is 10.6. The Morgan fingerprint density at radius 2 is 2.17 bits per heavy atom. The highest BCUT2D eigenvalue weighted by Crippen LogP contribution is 2.27. The van der Waals surface area contributed by atoms with Crippen molar-refractivity contribution in [1.29, 1.82) is 0 Å². The Morgan fingerprint density at radius 1 is 1.44 bits per heavy atom. The van der Waals surface area contributed by atoms with Crippen LogP contribution in [0.15, 0.2) is 22.7 Å². The van der Waals surface area contributed by atoms with Crippen molar-refractivity contribution in [3.05, 3.63) is 33.3 Å². The lowest BCUT2D eigenvalue weighted by Gasteiger charge is -2.24. The third kappa shape index (κ3) is 4.16. The molecule has 1 unspecified atom stereocenters. The van der Waals surface area contributed by atoms with Gasteiger partial charge in [0.05, 0.1) is 0 Å². The van der Waals surface area contributed by atoms with Gasteiger partial charge in [-0.15, -0.1) is 0 Å². The van der Waals surface area contributed by atoms with Gasteiger partial charge in [0.2, 0.25) is 0 Å². The minimum absolute atomic E-state index is 0.320. The zero-order chi connectivity index (χ0) is 13.0. The minimum Gasteiger partial charge on any atom is -0.310 e. The molecule has 0 radical (unpaired) electrons. The second-order valence-electron chi connectivity index (χ2n) is 4.85. The quantitative estimate of drug-likeness (QED) is 0.831. The van der Waals surface area contributed by atoms with Crippen LogP contribution >= 0.6 is 39.3 Å². The second-order valence-corrected chi connectivity index (χ2v) is 7.40. The van der Waals surface area contributed by atoms with Gasteiger partial charge < -0.3 is 5.32 Å². The van der Waals surface area contributed by atoms with E-state index >= 15 is 0 Å². The van der Waals surface area contributed by atoms with Crippen molar-refractivity contribution < 1.29 is 0 Å². The number of rotatable bonds is 4. The molecule has 1 saturated heterocycles. The smallest absolute Gasteiger partial charge is 0.0464 e. The van der Waals surface area contributed by atoms with E-state index in [2.05, 4.69) is 52.1 Å². The molecule has 1 fully saturated rings. The minimum atomic E-state index is 0.320. The fraction of sp³-hybridized carbons (Fsp3) is 0.571. The molecule has 1 aliphatic heterocycles. The van der Waals surface area contributed by atoms with Crippen LogP contribution in [0.1, 0.15) is 31.4 Å². The molecule has 0 aromatic heterocycles. The number of nitrogens with one attached hydrogen (secondary N) is 1. The topological polar surface area (TPSA) is 12.0 Å². The lowest BCUT2D eigenvalue weighted by molar-refractivity contribution is 0.421. The standard InChI is InChI=1S/C14H19BrClNS/c1-10(13-3-2-12(15)8-14(13)16)17-9-11-4-6-18-7-5-11/h2-3,8,10-11,17H,4-7,9H2,1H3. The van der Waals surface area contributed by atoms with Crippen molar-refractivity contribution in [3.8, 4) is 0 Å². The lowest BCUT2D eigenvalue weighted by atomic mass is 10.0. The Hall–Kier alpha value is 0.300. The maximum atomic E-state index is 6.27. The Bertz CT molecular complexity index is 393. The number of hydrogen-bond acceptors (Lipinski definition) is 2. The van der Waals surface area contributed by atoms with E-state index < -0.39 is 0 Å². The Morgan fingerprint density at radius 3 is 2.83 bits per heavy atom. The average Bonchev–Trinajstić information content (AvgIpc) is 2.37. The summed E-state index contributed by atoms with van der Waals surface area (Å²) in [6, 6.07) is 6.43. The van der Waals surface area contributed by atoms with Crippen molar-refractivity contribution in [2.75, 3.05) is 18.1 Å². The van der Waals surface area contributed by atoms with Gasteiger partial charge in [-0.2, -0.15) is 11.8 Å². The fourth-order valence-electron chi connectivity index (χ4n) is 2.26. The molecule has 1 nitrogen and oxygen atoms in total. The predicted octanol–water partition coefficient (Wildman–Crippen LogP) is 4.90. The van der Waals surface area contributed by atoms with Gasteiger partial charge in [-0.1, -0.05) is 33.6 Å². The molecule has 18 heavy (non-hydrogen) atoms. The largest absolute Gasteiger partial charge is 0.310 e. The van der Waals surface area contributed by atoms with E-state index in [0.29, 0.717) is 6.04 Å². The van der Waals surface area contributed by atoms with Crippen LogP contribution in [0, 0.1) is 5.92 Å². The van der Waals surface area contributed by atoms with Crippen LogP contribution in [-0.4, -0.2) is 18.1 Å². The molecule has 0 bridgehead atoms. The first kappa shape index (κ1) is 14.7. The van der Waals surface area contributed by atoms with E-state index in [1.54, 1.807) is 0 Å². The average molecular weight is 349 g/mol. The van der Waals surface area contributed by atoms with E-state index in [-0.39, 0.29) is 0 Å². The van der Waals surface area contributed by atoms with Gasteiger partial charge in [-0.05, 0) is 61.4 Å². The fourth-order valence-corrected chi connectivity index (χ4v) is 4.30. The van der Waals surface area contributed by atoms with Gasteiger partial charge in [0, 0.05) is 15.5 Å². The number of hydrogen-bond donors (Lipinski definition) is 1. The monoisotopic (exact) mass is 347 g/mol. The molecule has 2 rings (SSSR count). The Balaban J connectivity index is 1.88. The normalized spacial score (nSPS) is 18.8. The molecule has 4 heteroatoms. The van der Waals surface area contributed by atoms with Gasteiger partial charge in [0.15, 0.2) is 0 Å². The van der Waals surface area contributed by atoms with Gasteiger partial charge >= 0.3 is 0 Å². The SMILES string of the molecule is CC(NCC1CCSCC1)c1ccc(Br)cc1Cl. The first-order valence-corrected chi connectivity index (χ1v) is 8.75. The van der Waals surface area contributed by atoms with Gasteiger partial charge in [-0.25, -0.2) is 0 Å². The maximum absolute atomic E-state index is 6.27.